The van der Waals surface area contributed by atoms with Crippen molar-refractivity contribution < 1.29 is 19.1 Å². The number of amides is 2. The number of aromatic nitrogens is 4. The van der Waals surface area contributed by atoms with Crippen molar-refractivity contribution in [2.24, 2.45) is 0 Å². The molecule has 0 aliphatic carbocycles. The van der Waals surface area contributed by atoms with Gasteiger partial charge in [-0.05, 0) is 37.6 Å². The van der Waals surface area contributed by atoms with Gasteiger partial charge < -0.3 is 9.47 Å². The van der Waals surface area contributed by atoms with Crippen LogP contribution in [0.3, 0.4) is 0 Å². The summed E-state index contributed by atoms with van der Waals surface area (Å²) in [6.07, 6.45) is 3.51. The Morgan fingerprint density at radius 2 is 1.93 bits per heavy atom. The normalized spacial score (nSPS) is 10.6. The van der Waals surface area contributed by atoms with Gasteiger partial charge in [0.1, 0.15) is 0 Å². The number of nitrogens with zero attached hydrogens (tertiary/aromatic N) is 4. The van der Waals surface area contributed by atoms with E-state index in [1.54, 1.807) is 30.5 Å². The van der Waals surface area contributed by atoms with Crippen LogP contribution in [0.5, 0.6) is 11.5 Å². The molecule has 2 amide bonds. The summed E-state index contributed by atoms with van der Waals surface area (Å²) in [7, 11) is 1.50. The summed E-state index contributed by atoms with van der Waals surface area (Å²) >= 11 is 0. The first kappa shape index (κ1) is 20.1. The van der Waals surface area contributed by atoms with Crippen LogP contribution < -0.4 is 20.3 Å². The number of fused-ring (bicyclic) bond motifs is 1. The zero-order valence-corrected chi connectivity index (χ0v) is 16.4. The third-order valence-corrected chi connectivity index (χ3v) is 4.10. The van der Waals surface area contributed by atoms with Crippen molar-refractivity contribution in [1.82, 2.24) is 30.4 Å². The van der Waals surface area contributed by atoms with E-state index in [1.807, 2.05) is 6.92 Å². The molecule has 10 heteroatoms. The minimum atomic E-state index is -0.658. The lowest BCUT2D eigenvalue weighted by molar-refractivity contribution is 0.0841. The maximum Gasteiger partial charge on any atom is 0.309 e. The molecule has 0 bridgehead atoms. The number of rotatable bonds is 7. The third kappa shape index (κ3) is 4.60. The third-order valence-electron chi connectivity index (χ3n) is 4.10. The number of methoxy groups -OCH3 is 1. The molecule has 2 heterocycles. The second-order valence-electron chi connectivity index (χ2n) is 6.21. The fourth-order valence-electron chi connectivity index (χ4n) is 2.50. The Balaban J connectivity index is 1.64. The number of aryl methyl sites for hydroxylation is 1. The number of benzene rings is 1. The van der Waals surface area contributed by atoms with E-state index in [4.69, 9.17) is 9.47 Å². The van der Waals surface area contributed by atoms with E-state index in [9.17, 15) is 9.59 Å². The summed E-state index contributed by atoms with van der Waals surface area (Å²) in [6, 6.07) is 6.53. The van der Waals surface area contributed by atoms with E-state index in [-0.39, 0.29) is 5.82 Å². The minimum absolute atomic E-state index is 0.107. The average Bonchev–Trinajstić information content (AvgIpc) is 3.18. The Labute approximate surface area is 167 Å². The van der Waals surface area contributed by atoms with Gasteiger partial charge in [-0.2, -0.15) is 4.98 Å². The molecule has 1 aromatic carbocycles. The molecule has 0 atom stereocenters. The molecule has 0 fully saturated rings. The van der Waals surface area contributed by atoms with E-state index in [0.717, 1.165) is 18.5 Å². The lowest BCUT2D eigenvalue weighted by Gasteiger charge is -2.12. The van der Waals surface area contributed by atoms with E-state index in [1.165, 1.54) is 11.6 Å². The number of hydrogen-bond donors (Lipinski definition) is 2. The fourth-order valence-corrected chi connectivity index (χ4v) is 2.50. The number of hydrogen-bond acceptors (Lipinski definition) is 7. The van der Waals surface area contributed by atoms with Crippen LogP contribution in [0.1, 0.15) is 46.4 Å². The van der Waals surface area contributed by atoms with Gasteiger partial charge in [0, 0.05) is 17.5 Å². The van der Waals surface area contributed by atoms with Gasteiger partial charge in [-0.1, -0.05) is 13.3 Å². The van der Waals surface area contributed by atoms with Crippen molar-refractivity contribution in [2.75, 3.05) is 13.7 Å². The zero-order valence-electron chi connectivity index (χ0n) is 16.4. The SMILES string of the molecule is CCCCOc1ccc(C(=O)NNC(=O)c2nc3nccc(C)n3n2)cc1OC. The summed E-state index contributed by atoms with van der Waals surface area (Å²) in [5.74, 6) is 0.000687. The van der Waals surface area contributed by atoms with E-state index in [0.29, 0.717) is 29.4 Å². The molecule has 0 spiro atoms. The zero-order chi connectivity index (χ0) is 20.8. The molecular formula is C19H22N6O4. The molecule has 3 rings (SSSR count). The molecule has 29 heavy (non-hydrogen) atoms. The van der Waals surface area contributed by atoms with Crippen LogP contribution in [0.15, 0.2) is 30.5 Å². The van der Waals surface area contributed by atoms with Crippen LogP contribution in [-0.2, 0) is 0 Å². The number of carbonyl (C=O) groups is 2. The van der Waals surface area contributed by atoms with Crippen molar-refractivity contribution in [3.8, 4) is 11.5 Å². The summed E-state index contributed by atoms with van der Waals surface area (Å²) in [5.41, 5.74) is 5.70. The monoisotopic (exact) mass is 398 g/mol. The van der Waals surface area contributed by atoms with Gasteiger partial charge in [0.25, 0.3) is 11.7 Å². The predicted molar refractivity (Wildman–Crippen MR) is 104 cm³/mol. The average molecular weight is 398 g/mol. The standard InChI is InChI=1S/C19H22N6O4/c1-4-5-10-29-14-7-6-13(11-15(14)28-3)17(26)22-23-18(27)16-21-19-20-9-8-12(2)25(19)24-16/h6-9,11H,4-5,10H2,1-3H3,(H,22,26)(H,23,27). The second-order valence-corrected chi connectivity index (χ2v) is 6.21. The quantitative estimate of drug-likeness (QED) is 0.459. The summed E-state index contributed by atoms with van der Waals surface area (Å²) in [6.45, 7) is 4.45. The lowest BCUT2D eigenvalue weighted by Crippen LogP contribution is -2.42. The largest absolute Gasteiger partial charge is 0.493 e. The Morgan fingerprint density at radius 3 is 2.66 bits per heavy atom. The van der Waals surface area contributed by atoms with Crippen LogP contribution in [0.4, 0.5) is 0 Å². The highest BCUT2D eigenvalue weighted by Gasteiger charge is 2.16. The first-order chi connectivity index (χ1) is 14.0. The lowest BCUT2D eigenvalue weighted by atomic mass is 10.2. The van der Waals surface area contributed by atoms with Gasteiger partial charge in [0.05, 0.1) is 13.7 Å². The fraction of sp³-hybridized carbons (Fsp3) is 0.316. The molecule has 0 aliphatic rings. The van der Waals surface area contributed by atoms with E-state index in [2.05, 4.69) is 32.8 Å². The highest BCUT2D eigenvalue weighted by molar-refractivity contribution is 5.98. The highest BCUT2D eigenvalue weighted by Crippen LogP contribution is 2.28. The molecule has 2 aromatic heterocycles. The van der Waals surface area contributed by atoms with Gasteiger partial charge in [-0.3, -0.25) is 20.4 Å². The van der Waals surface area contributed by atoms with Crippen LogP contribution in [-0.4, -0.2) is 45.1 Å². The number of nitrogens with one attached hydrogen (secondary N) is 2. The van der Waals surface area contributed by atoms with Crippen LogP contribution in [0, 0.1) is 6.92 Å². The van der Waals surface area contributed by atoms with Gasteiger partial charge in [0.2, 0.25) is 5.82 Å². The van der Waals surface area contributed by atoms with E-state index < -0.39 is 11.8 Å². The molecule has 0 unspecified atom stereocenters. The van der Waals surface area contributed by atoms with Gasteiger partial charge in [0.15, 0.2) is 11.5 Å². The molecule has 0 saturated heterocycles. The maximum absolute atomic E-state index is 12.4. The Hall–Kier alpha value is -3.69. The minimum Gasteiger partial charge on any atom is -0.493 e. The molecule has 0 aliphatic heterocycles. The number of hydrazine groups is 1. The Kier molecular flexibility index (Phi) is 6.22. The van der Waals surface area contributed by atoms with Gasteiger partial charge in [-0.25, -0.2) is 9.50 Å². The van der Waals surface area contributed by atoms with E-state index >= 15 is 0 Å². The summed E-state index contributed by atoms with van der Waals surface area (Å²) < 4.78 is 12.4. The number of ether oxygens (including phenoxy) is 2. The summed E-state index contributed by atoms with van der Waals surface area (Å²) in [4.78, 5) is 32.7. The Bertz CT molecular complexity index is 1030. The Morgan fingerprint density at radius 1 is 1.14 bits per heavy atom. The molecular weight excluding hydrogens is 376 g/mol. The van der Waals surface area contributed by atoms with Gasteiger partial charge >= 0.3 is 5.91 Å². The number of carbonyl (C=O) groups excluding carboxylic acids is 2. The molecule has 0 radical (unpaired) electrons. The molecule has 2 N–H and O–H groups in total. The van der Waals surface area contributed by atoms with Crippen molar-refractivity contribution in [3.63, 3.8) is 0 Å². The van der Waals surface area contributed by atoms with Crippen molar-refractivity contribution in [3.05, 3.63) is 47.5 Å². The second kappa shape index (κ2) is 9.00. The van der Waals surface area contributed by atoms with Crippen LogP contribution in [0.25, 0.3) is 5.78 Å². The first-order valence-corrected chi connectivity index (χ1v) is 9.13. The summed E-state index contributed by atoms with van der Waals surface area (Å²) in [5, 5.41) is 4.08. The van der Waals surface area contributed by atoms with Crippen LogP contribution in [0.2, 0.25) is 0 Å². The first-order valence-electron chi connectivity index (χ1n) is 9.13. The van der Waals surface area contributed by atoms with Crippen molar-refractivity contribution in [1.29, 1.82) is 0 Å². The molecule has 10 nitrogen and oxygen atoms in total. The highest BCUT2D eigenvalue weighted by atomic mass is 16.5. The topological polar surface area (TPSA) is 120 Å². The van der Waals surface area contributed by atoms with Crippen molar-refractivity contribution >= 4 is 17.6 Å². The maximum atomic E-state index is 12.4. The number of unbranched alkanes of at least 4 members (excludes halogenated alkanes) is 1. The predicted octanol–water partition coefficient (Wildman–Crippen LogP) is 1.70. The van der Waals surface area contributed by atoms with Gasteiger partial charge in [-0.15, -0.1) is 5.10 Å². The smallest absolute Gasteiger partial charge is 0.309 e. The molecule has 3 aromatic rings. The molecule has 0 saturated carbocycles. The molecule has 152 valence electrons. The van der Waals surface area contributed by atoms with Crippen LogP contribution >= 0.6 is 0 Å². The van der Waals surface area contributed by atoms with Crippen molar-refractivity contribution in [2.45, 2.75) is 26.7 Å².